The predicted molar refractivity (Wildman–Crippen MR) is 71.4 cm³/mol. The Hall–Kier alpha value is -1.37. The lowest BCUT2D eigenvalue weighted by molar-refractivity contribution is 0.803. The molecule has 0 aliphatic carbocycles. The summed E-state index contributed by atoms with van der Waals surface area (Å²) in [6.07, 6.45) is 2.76. The molecule has 0 amide bonds. The van der Waals surface area contributed by atoms with Crippen LogP contribution in [-0.2, 0) is 0 Å². The molecular formula is C15H21N. The Bertz CT molecular complexity index is 380. The van der Waals surface area contributed by atoms with Crippen LogP contribution < -0.4 is 0 Å². The van der Waals surface area contributed by atoms with E-state index in [9.17, 15) is 0 Å². The normalized spacial score (nSPS) is 12.0. The molecule has 0 radical (unpaired) electrons. The standard InChI is InChI=1S/C15H21N/c1-11(2)9-15(16)10-13(4)14-7-5-12(3)6-8-14/h5-9,13,16H,10H2,1-4H3. The Labute approximate surface area is 98.7 Å². The van der Waals surface area contributed by atoms with Crippen molar-refractivity contribution in [3.05, 3.63) is 47.0 Å². The zero-order valence-electron chi connectivity index (χ0n) is 10.7. The number of hydrogen-bond donors (Lipinski definition) is 1. The zero-order valence-corrected chi connectivity index (χ0v) is 10.7. The molecule has 86 valence electrons. The van der Waals surface area contributed by atoms with Crippen LogP contribution in [0.5, 0.6) is 0 Å². The number of rotatable bonds is 4. The number of nitrogens with one attached hydrogen (secondary N) is 1. The average molecular weight is 215 g/mol. The zero-order chi connectivity index (χ0) is 12.1. The number of benzene rings is 1. The van der Waals surface area contributed by atoms with E-state index in [1.54, 1.807) is 0 Å². The summed E-state index contributed by atoms with van der Waals surface area (Å²) < 4.78 is 0. The summed E-state index contributed by atoms with van der Waals surface area (Å²) in [5, 5.41) is 7.86. The van der Waals surface area contributed by atoms with Gasteiger partial charge < -0.3 is 5.41 Å². The first-order chi connectivity index (χ1) is 7.49. The second kappa shape index (κ2) is 5.64. The molecule has 0 saturated heterocycles. The van der Waals surface area contributed by atoms with Gasteiger partial charge in [0.1, 0.15) is 0 Å². The van der Waals surface area contributed by atoms with Crippen LogP contribution in [-0.4, -0.2) is 5.71 Å². The van der Waals surface area contributed by atoms with Gasteiger partial charge in [-0.3, -0.25) is 0 Å². The van der Waals surface area contributed by atoms with Crippen molar-refractivity contribution < 1.29 is 0 Å². The lowest BCUT2D eigenvalue weighted by atomic mass is 9.94. The fourth-order valence-corrected chi connectivity index (χ4v) is 1.75. The molecule has 0 aromatic heterocycles. The highest BCUT2D eigenvalue weighted by atomic mass is 14.4. The first-order valence-corrected chi connectivity index (χ1v) is 5.78. The highest BCUT2D eigenvalue weighted by Gasteiger charge is 2.06. The minimum atomic E-state index is 0.420. The van der Waals surface area contributed by atoms with Gasteiger partial charge in [0.15, 0.2) is 0 Å². The molecule has 1 nitrogen and oxygen atoms in total. The third-order valence-corrected chi connectivity index (χ3v) is 2.64. The Kier molecular flexibility index (Phi) is 4.48. The van der Waals surface area contributed by atoms with Crippen molar-refractivity contribution in [1.82, 2.24) is 0 Å². The molecule has 1 heteroatoms. The van der Waals surface area contributed by atoms with Gasteiger partial charge in [-0.2, -0.15) is 0 Å². The average Bonchev–Trinajstić information content (AvgIpc) is 2.16. The van der Waals surface area contributed by atoms with E-state index in [1.807, 2.05) is 19.9 Å². The molecule has 1 N–H and O–H groups in total. The number of allylic oxidation sites excluding steroid dienone is 2. The third kappa shape index (κ3) is 4.01. The summed E-state index contributed by atoms with van der Waals surface area (Å²) in [6, 6.07) is 8.60. The first-order valence-electron chi connectivity index (χ1n) is 5.78. The molecule has 1 aromatic carbocycles. The predicted octanol–water partition coefficient (Wildman–Crippen LogP) is 4.47. The van der Waals surface area contributed by atoms with Crippen LogP contribution in [0, 0.1) is 12.3 Å². The van der Waals surface area contributed by atoms with E-state index in [2.05, 4.69) is 38.1 Å². The SMILES string of the molecule is CC(C)=CC(=N)CC(C)c1ccc(C)cc1. The van der Waals surface area contributed by atoms with Crippen LogP contribution in [0.3, 0.4) is 0 Å². The van der Waals surface area contributed by atoms with Crippen molar-refractivity contribution in [2.45, 2.75) is 40.0 Å². The Morgan fingerprint density at radius 3 is 2.31 bits per heavy atom. The van der Waals surface area contributed by atoms with Crippen molar-refractivity contribution in [2.75, 3.05) is 0 Å². The van der Waals surface area contributed by atoms with Crippen molar-refractivity contribution >= 4 is 5.71 Å². The van der Waals surface area contributed by atoms with Crippen LogP contribution in [0.15, 0.2) is 35.9 Å². The van der Waals surface area contributed by atoms with Crippen molar-refractivity contribution in [1.29, 1.82) is 5.41 Å². The Balaban J connectivity index is 2.65. The molecule has 0 bridgehead atoms. The van der Waals surface area contributed by atoms with Crippen LogP contribution in [0.25, 0.3) is 0 Å². The minimum absolute atomic E-state index is 0.420. The maximum Gasteiger partial charge on any atom is 0.0319 e. The molecule has 1 unspecified atom stereocenters. The van der Waals surface area contributed by atoms with Gasteiger partial charge in [-0.05, 0) is 44.7 Å². The van der Waals surface area contributed by atoms with E-state index in [4.69, 9.17) is 5.41 Å². The Morgan fingerprint density at radius 2 is 1.81 bits per heavy atom. The van der Waals surface area contributed by atoms with E-state index in [-0.39, 0.29) is 0 Å². The van der Waals surface area contributed by atoms with Crippen LogP contribution in [0.4, 0.5) is 0 Å². The van der Waals surface area contributed by atoms with Gasteiger partial charge in [0.05, 0.1) is 0 Å². The maximum absolute atomic E-state index is 7.86. The summed E-state index contributed by atoms with van der Waals surface area (Å²) in [4.78, 5) is 0. The number of aryl methyl sites for hydroxylation is 1. The van der Waals surface area contributed by atoms with Gasteiger partial charge in [-0.15, -0.1) is 0 Å². The number of hydrogen-bond acceptors (Lipinski definition) is 1. The highest BCUT2D eigenvalue weighted by Crippen LogP contribution is 2.20. The van der Waals surface area contributed by atoms with Crippen molar-refractivity contribution in [3.8, 4) is 0 Å². The quantitative estimate of drug-likeness (QED) is 0.716. The lowest BCUT2D eigenvalue weighted by Crippen LogP contribution is -2.01. The van der Waals surface area contributed by atoms with Gasteiger partial charge in [0.25, 0.3) is 0 Å². The van der Waals surface area contributed by atoms with Gasteiger partial charge in [0, 0.05) is 5.71 Å². The molecular weight excluding hydrogens is 194 g/mol. The minimum Gasteiger partial charge on any atom is -0.305 e. The first kappa shape index (κ1) is 12.7. The Morgan fingerprint density at radius 1 is 1.25 bits per heavy atom. The second-order valence-corrected chi connectivity index (χ2v) is 4.76. The largest absolute Gasteiger partial charge is 0.305 e. The molecule has 0 spiro atoms. The van der Waals surface area contributed by atoms with Gasteiger partial charge >= 0.3 is 0 Å². The molecule has 1 rings (SSSR count). The maximum atomic E-state index is 7.86. The fraction of sp³-hybridized carbons (Fsp3) is 0.400. The van der Waals surface area contributed by atoms with Crippen molar-refractivity contribution in [2.24, 2.45) is 0 Å². The molecule has 0 aliphatic heterocycles. The van der Waals surface area contributed by atoms with Gasteiger partial charge in [-0.1, -0.05) is 42.3 Å². The summed E-state index contributed by atoms with van der Waals surface area (Å²) >= 11 is 0. The third-order valence-electron chi connectivity index (χ3n) is 2.64. The molecule has 1 atom stereocenters. The monoisotopic (exact) mass is 215 g/mol. The topological polar surface area (TPSA) is 23.9 Å². The van der Waals surface area contributed by atoms with E-state index < -0.39 is 0 Å². The van der Waals surface area contributed by atoms with Crippen molar-refractivity contribution in [3.63, 3.8) is 0 Å². The second-order valence-electron chi connectivity index (χ2n) is 4.76. The molecule has 16 heavy (non-hydrogen) atoms. The summed E-state index contributed by atoms with van der Waals surface area (Å²) in [7, 11) is 0. The van der Waals surface area contributed by atoms with E-state index in [1.165, 1.54) is 16.7 Å². The molecule has 0 heterocycles. The molecule has 0 aliphatic rings. The summed E-state index contributed by atoms with van der Waals surface area (Å²) in [5.41, 5.74) is 4.52. The molecule has 0 saturated carbocycles. The molecule has 0 fully saturated rings. The van der Waals surface area contributed by atoms with E-state index >= 15 is 0 Å². The summed E-state index contributed by atoms with van der Waals surface area (Å²) in [5.74, 6) is 0.420. The van der Waals surface area contributed by atoms with Crippen LogP contribution >= 0.6 is 0 Å². The van der Waals surface area contributed by atoms with Crippen LogP contribution in [0.1, 0.15) is 44.2 Å². The van der Waals surface area contributed by atoms with E-state index in [0.29, 0.717) is 11.6 Å². The smallest absolute Gasteiger partial charge is 0.0319 e. The fourth-order valence-electron chi connectivity index (χ4n) is 1.75. The highest BCUT2D eigenvalue weighted by molar-refractivity contribution is 5.93. The lowest BCUT2D eigenvalue weighted by Gasteiger charge is -2.11. The van der Waals surface area contributed by atoms with E-state index in [0.717, 1.165) is 6.42 Å². The summed E-state index contributed by atoms with van der Waals surface area (Å²) in [6.45, 7) is 8.34. The molecule has 1 aromatic rings. The van der Waals surface area contributed by atoms with Crippen LogP contribution in [0.2, 0.25) is 0 Å². The van der Waals surface area contributed by atoms with Gasteiger partial charge in [0.2, 0.25) is 0 Å². The van der Waals surface area contributed by atoms with Gasteiger partial charge in [-0.25, -0.2) is 0 Å².